The summed E-state index contributed by atoms with van der Waals surface area (Å²) in [6.07, 6.45) is 6.92. The normalized spacial score (nSPS) is 31.4. The lowest BCUT2D eigenvalue weighted by Gasteiger charge is -2.44. The van der Waals surface area contributed by atoms with Gasteiger partial charge in [0.2, 0.25) is 11.8 Å². The Bertz CT molecular complexity index is 840. The van der Waals surface area contributed by atoms with Crippen LogP contribution in [0.3, 0.4) is 0 Å². The molecule has 0 aliphatic carbocycles. The number of unbranched alkanes of at least 4 members (excludes halogenated alkanes) is 2. The maximum atomic E-state index is 14.3. The first kappa shape index (κ1) is 27.8. The summed E-state index contributed by atoms with van der Waals surface area (Å²) in [5.74, 6) is -1.52. The van der Waals surface area contributed by atoms with E-state index in [2.05, 4.69) is 20.1 Å². The van der Waals surface area contributed by atoms with Gasteiger partial charge in [0.25, 0.3) is 0 Å². The van der Waals surface area contributed by atoms with Gasteiger partial charge in [0, 0.05) is 30.5 Å². The fourth-order valence-electron chi connectivity index (χ4n) is 6.17. The Morgan fingerprint density at radius 3 is 2.57 bits per heavy atom. The van der Waals surface area contributed by atoms with Crippen LogP contribution in [0.25, 0.3) is 0 Å². The maximum absolute atomic E-state index is 14.3. The molecule has 3 fully saturated rings. The molecule has 0 aromatic heterocycles. The SMILES string of the molecule is C=CCCCOC(=O)[C@@H]1[C@@H]2CC(C)C3(S2)C(C(=O)N(CC=C)C(C)(C)C)N(CCCCO)C(=O)[C@H]13. The molecule has 1 N–H and O–H groups in total. The molecule has 2 amide bonds. The average molecular weight is 507 g/mol. The molecule has 35 heavy (non-hydrogen) atoms. The van der Waals surface area contributed by atoms with E-state index in [4.69, 9.17) is 4.74 Å². The van der Waals surface area contributed by atoms with E-state index >= 15 is 0 Å². The molecule has 196 valence electrons. The van der Waals surface area contributed by atoms with E-state index in [9.17, 15) is 19.5 Å². The second-order valence-electron chi connectivity index (χ2n) is 11.0. The average Bonchev–Trinajstić information content (AvgIpc) is 3.38. The summed E-state index contributed by atoms with van der Waals surface area (Å²) in [5.41, 5.74) is -0.451. The minimum Gasteiger partial charge on any atom is -0.465 e. The van der Waals surface area contributed by atoms with Gasteiger partial charge in [-0.05, 0) is 58.8 Å². The highest BCUT2D eigenvalue weighted by molar-refractivity contribution is 8.02. The molecule has 3 saturated heterocycles. The second kappa shape index (κ2) is 11.1. The summed E-state index contributed by atoms with van der Waals surface area (Å²) in [4.78, 5) is 45.0. The van der Waals surface area contributed by atoms with E-state index in [0.717, 1.165) is 12.8 Å². The highest BCUT2D eigenvalue weighted by Crippen LogP contribution is 2.68. The van der Waals surface area contributed by atoms with Crippen molar-refractivity contribution in [2.75, 3.05) is 26.3 Å². The molecule has 3 rings (SSSR count). The predicted molar refractivity (Wildman–Crippen MR) is 139 cm³/mol. The van der Waals surface area contributed by atoms with Gasteiger partial charge in [-0.3, -0.25) is 14.4 Å². The Kier molecular flexibility index (Phi) is 8.79. The fourth-order valence-corrected chi connectivity index (χ4v) is 8.57. The number of thioether (sulfide) groups is 1. The van der Waals surface area contributed by atoms with Crippen LogP contribution >= 0.6 is 11.8 Å². The van der Waals surface area contributed by atoms with Crippen molar-refractivity contribution in [2.24, 2.45) is 17.8 Å². The van der Waals surface area contributed by atoms with Gasteiger partial charge in [-0.15, -0.1) is 24.9 Å². The summed E-state index contributed by atoms with van der Waals surface area (Å²) in [7, 11) is 0. The number of esters is 1. The smallest absolute Gasteiger partial charge is 0.310 e. The number of carbonyl (C=O) groups is 3. The van der Waals surface area contributed by atoms with Gasteiger partial charge >= 0.3 is 5.97 Å². The Morgan fingerprint density at radius 2 is 1.97 bits per heavy atom. The van der Waals surface area contributed by atoms with Crippen molar-refractivity contribution in [3.63, 3.8) is 0 Å². The first-order valence-corrected chi connectivity index (χ1v) is 13.7. The van der Waals surface area contributed by atoms with Crippen LogP contribution in [-0.4, -0.2) is 80.6 Å². The number of allylic oxidation sites excluding steroid dienone is 1. The summed E-state index contributed by atoms with van der Waals surface area (Å²) in [6, 6.07) is -0.651. The van der Waals surface area contributed by atoms with Crippen molar-refractivity contribution in [2.45, 2.75) is 81.4 Å². The number of nitrogens with zero attached hydrogens (tertiary/aromatic N) is 2. The number of carbonyl (C=O) groups excluding carboxylic acids is 3. The fraction of sp³-hybridized carbons (Fsp3) is 0.741. The lowest BCUT2D eigenvalue weighted by molar-refractivity contribution is -0.154. The van der Waals surface area contributed by atoms with Crippen molar-refractivity contribution in [3.05, 3.63) is 25.3 Å². The number of ether oxygens (including phenoxy) is 1. The first-order valence-electron chi connectivity index (χ1n) is 12.8. The third-order valence-electron chi connectivity index (χ3n) is 7.74. The van der Waals surface area contributed by atoms with Crippen LogP contribution in [0.5, 0.6) is 0 Å². The molecule has 3 unspecified atom stereocenters. The van der Waals surface area contributed by atoms with E-state index in [-0.39, 0.29) is 35.6 Å². The number of aliphatic hydroxyl groups excluding tert-OH is 1. The number of rotatable bonds is 12. The van der Waals surface area contributed by atoms with Crippen LogP contribution in [0.15, 0.2) is 25.3 Å². The van der Waals surface area contributed by atoms with Crippen molar-refractivity contribution in [3.8, 4) is 0 Å². The summed E-state index contributed by atoms with van der Waals surface area (Å²) in [5, 5.41) is 9.30. The van der Waals surface area contributed by atoms with Crippen LogP contribution in [-0.2, 0) is 19.1 Å². The second-order valence-corrected chi connectivity index (χ2v) is 12.6. The largest absolute Gasteiger partial charge is 0.465 e. The molecular formula is C27H42N2O5S. The summed E-state index contributed by atoms with van der Waals surface area (Å²) in [6.45, 7) is 16.7. The van der Waals surface area contributed by atoms with Crippen LogP contribution in [0, 0.1) is 17.8 Å². The van der Waals surface area contributed by atoms with Gasteiger partial charge < -0.3 is 19.6 Å². The minimum absolute atomic E-state index is 0.0248. The van der Waals surface area contributed by atoms with Crippen LogP contribution in [0.2, 0.25) is 0 Å². The number of aliphatic hydroxyl groups is 1. The van der Waals surface area contributed by atoms with Gasteiger partial charge in [-0.25, -0.2) is 0 Å². The Balaban J connectivity index is 1.99. The minimum atomic E-state index is -0.659. The predicted octanol–water partition coefficient (Wildman–Crippen LogP) is 3.42. The van der Waals surface area contributed by atoms with Crippen molar-refractivity contribution < 1.29 is 24.2 Å². The zero-order valence-electron chi connectivity index (χ0n) is 21.7. The summed E-state index contributed by atoms with van der Waals surface area (Å²) >= 11 is 1.66. The van der Waals surface area contributed by atoms with Crippen molar-refractivity contribution >= 4 is 29.5 Å². The lowest BCUT2D eigenvalue weighted by atomic mass is 9.66. The Morgan fingerprint density at radius 1 is 1.26 bits per heavy atom. The number of fused-ring (bicyclic) bond motifs is 1. The maximum Gasteiger partial charge on any atom is 0.310 e. The quantitative estimate of drug-likeness (QED) is 0.248. The standard InChI is InChI=1S/C27H42N2O5S/c1-7-9-12-16-34-25(33)20-19-17-18(3)27(35-19)21(20)23(31)28(14-10-11-15-30)22(27)24(32)29(13-8-2)26(4,5)6/h7-8,18-22,30H,1-2,9-17H2,3-6H3/t18?,19-,20+,21-,22?,27?/m0/s1. The molecule has 3 aliphatic rings. The van der Waals surface area contributed by atoms with Gasteiger partial charge in [-0.2, -0.15) is 0 Å². The van der Waals surface area contributed by atoms with Crippen molar-refractivity contribution in [1.82, 2.24) is 9.80 Å². The number of hydrogen-bond acceptors (Lipinski definition) is 6. The van der Waals surface area contributed by atoms with E-state index in [1.54, 1.807) is 33.7 Å². The molecule has 0 aromatic rings. The molecule has 3 heterocycles. The third-order valence-corrected chi connectivity index (χ3v) is 9.82. The van der Waals surface area contributed by atoms with Crippen molar-refractivity contribution in [1.29, 1.82) is 0 Å². The lowest BCUT2D eigenvalue weighted by Crippen LogP contribution is -2.60. The summed E-state index contributed by atoms with van der Waals surface area (Å²) < 4.78 is 4.97. The van der Waals surface area contributed by atoms with Gasteiger partial charge in [-0.1, -0.05) is 19.1 Å². The number of likely N-dealkylation sites (tertiary alicyclic amines) is 1. The molecule has 8 heteroatoms. The molecule has 6 atom stereocenters. The zero-order chi connectivity index (χ0) is 26.0. The molecule has 0 aromatic carbocycles. The number of amides is 2. The first-order chi connectivity index (χ1) is 16.6. The van der Waals surface area contributed by atoms with E-state index < -0.39 is 28.2 Å². The van der Waals surface area contributed by atoms with E-state index in [0.29, 0.717) is 39.0 Å². The molecule has 7 nitrogen and oxygen atoms in total. The molecule has 0 radical (unpaired) electrons. The van der Waals surface area contributed by atoms with Crippen LogP contribution < -0.4 is 0 Å². The van der Waals surface area contributed by atoms with E-state index in [1.807, 2.05) is 20.8 Å². The highest BCUT2D eigenvalue weighted by atomic mass is 32.2. The van der Waals surface area contributed by atoms with Gasteiger partial charge in [0.1, 0.15) is 6.04 Å². The van der Waals surface area contributed by atoms with Crippen LogP contribution in [0.4, 0.5) is 0 Å². The Hall–Kier alpha value is -1.80. The molecular weight excluding hydrogens is 464 g/mol. The zero-order valence-corrected chi connectivity index (χ0v) is 22.5. The number of hydrogen-bond donors (Lipinski definition) is 1. The van der Waals surface area contributed by atoms with Gasteiger partial charge in [0.15, 0.2) is 0 Å². The molecule has 0 saturated carbocycles. The Labute approximate surface area is 214 Å². The van der Waals surface area contributed by atoms with Gasteiger partial charge in [0.05, 0.1) is 23.2 Å². The topological polar surface area (TPSA) is 87.2 Å². The molecule has 1 spiro atoms. The molecule has 2 bridgehead atoms. The monoisotopic (exact) mass is 506 g/mol. The van der Waals surface area contributed by atoms with E-state index in [1.165, 1.54) is 0 Å². The highest BCUT2D eigenvalue weighted by Gasteiger charge is 2.76. The van der Waals surface area contributed by atoms with Crippen LogP contribution in [0.1, 0.15) is 59.8 Å². The third kappa shape index (κ3) is 4.93. The molecule has 3 aliphatic heterocycles.